The fourth-order valence-corrected chi connectivity index (χ4v) is 3.48. The molecule has 0 unspecified atom stereocenters. The van der Waals surface area contributed by atoms with Crippen LogP contribution in [0.2, 0.25) is 0 Å². The first kappa shape index (κ1) is 16.6. The molecule has 0 heterocycles. The van der Waals surface area contributed by atoms with Gasteiger partial charge in [0.25, 0.3) is 0 Å². The number of carbonyl (C=O) groups excluding carboxylic acids is 1. The van der Waals surface area contributed by atoms with E-state index >= 15 is 0 Å². The van der Waals surface area contributed by atoms with Crippen molar-refractivity contribution in [3.05, 3.63) is 78.4 Å². The zero-order chi connectivity index (χ0) is 16.8. The van der Waals surface area contributed by atoms with E-state index in [9.17, 15) is 4.79 Å². The van der Waals surface area contributed by atoms with E-state index in [0.717, 1.165) is 16.5 Å². The summed E-state index contributed by atoms with van der Waals surface area (Å²) in [5.74, 6) is 1.36. The van der Waals surface area contributed by atoms with Gasteiger partial charge in [0.1, 0.15) is 5.75 Å². The Hall–Kier alpha value is -2.26. The van der Waals surface area contributed by atoms with Crippen molar-refractivity contribution < 1.29 is 9.53 Å². The van der Waals surface area contributed by atoms with Crippen LogP contribution in [0.1, 0.15) is 18.9 Å². The van der Waals surface area contributed by atoms with Crippen LogP contribution >= 0.6 is 11.8 Å². The highest BCUT2D eigenvalue weighted by Crippen LogP contribution is 2.26. The average molecular weight is 336 g/mol. The maximum Gasteiger partial charge on any atom is 0.312 e. The summed E-state index contributed by atoms with van der Waals surface area (Å²) in [6.45, 7) is 2.07. The van der Waals surface area contributed by atoms with E-state index in [1.165, 1.54) is 5.56 Å². The maximum absolute atomic E-state index is 12.2. The second-order valence-electron chi connectivity index (χ2n) is 5.76. The smallest absolute Gasteiger partial charge is 0.312 e. The van der Waals surface area contributed by atoms with Crippen molar-refractivity contribution in [3.63, 3.8) is 0 Å². The summed E-state index contributed by atoms with van der Waals surface area (Å²) < 4.78 is 5.60. The molecular weight excluding hydrogens is 316 g/mol. The van der Waals surface area contributed by atoms with Gasteiger partial charge in [0.2, 0.25) is 0 Å². The highest BCUT2D eigenvalue weighted by atomic mass is 32.2. The van der Waals surface area contributed by atoms with Crippen molar-refractivity contribution in [2.45, 2.75) is 24.3 Å². The summed E-state index contributed by atoms with van der Waals surface area (Å²) in [5, 5.41) is 2.26. The summed E-state index contributed by atoms with van der Waals surface area (Å²) in [5.41, 5.74) is 1.27. The lowest BCUT2D eigenvalue weighted by molar-refractivity contribution is -0.134. The third kappa shape index (κ3) is 4.39. The number of fused-ring (bicyclic) bond motifs is 1. The quantitative estimate of drug-likeness (QED) is 0.442. The standard InChI is InChI=1S/C21H20O2S/c1-16(24-15-17-8-3-2-4-9-17)14-21(22)23-20-13-7-11-18-10-5-6-12-19(18)20/h2-13,16H,14-15H2,1H3/t16-/m0/s1. The average Bonchev–Trinajstić information content (AvgIpc) is 2.61. The molecular formula is C21H20O2S. The van der Waals surface area contributed by atoms with Gasteiger partial charge in [-0.25, -0.2) is 0 Å². The number of carbonyl (C=O) groups is 1. The van der Waals surface area contributed by atoms with Gasteiger partial charge in [-0.3, -0.25) is 4.79 Å². The minimum atomic E-state index is -0.181. The van der Waals surface area contributed by atoms with Gasteiger partial charge >= 0.3 is 5.97 Å². The van der Waals surface area contributed by atoms with E-state index in [2.05, 4.69) is 19.1 Å². The Morgan fingerprint density at radius 3 is 2.50 bits per heavy atom. The van der Waals surface area contributed by atoms with Gasteiger partial charge in [-0.15, -0.1) is 0 Å². The third-order valence-corrected chi connectivity index (χ3v) is 5.04. The van der Waals surface area contributed by atoms with E-state index in [-0.39, 0.29) is 11.2 Å². The lowest BCUT2D eigenvalue weighted by Gasteiger charge is -2.12. The lowest BCUT2D eigenvalue weighted by Crippen LogP contribution is -2.14. The monoisotopic (exact) mass is 336 g/mol. The Labute approximate surface area is 146 Å². The van der Waals surface area contributed by atoms with Crippen molar-refractivity contribution >= 4 is 28.5 Å². The Bertz CT molecular complexity index is 809. The van der Waals surface area contributed by atoms with Gasteiger partial charge in [0, 0.05) is 16.4 Å². The van der Waals surface area contributed by atoms with Crippen LogP contribution in [-0.2, 0) is 10.5 Å². The topological polar surface area (TPSA) is 26.3 Å². The van der Waals surface area contributed by atoms with Crippen molar-refractivity contribution in [2.24, 2.45) is 0 Å². The molecule has 0 saturated heterocycles. The van der Waals surface area contributed by atoms with Gasteiger partial charge in [0.15, 0.2) is 0 Å². The molecule has 0 aliphatic rings. The number of benzene rings is 3. The van der Waals surface area contributed by atoms with Crippen molar-refractivity contribution in [2.75, 3.05) is 0 Å². The first-order valence-corrected chi connectivity index (χ1v) is 9.11. The summed E-state index contributed by atoms with van der Waals surface area (Å²) in [6.07, 6.45) is 0.403. The number of ether oxygens (including phenoxy) is 1. The Kier molecular flexibility index (Phi) is 5.55. The van der Waals surface area contributed by atoms with Crippen LogP contribution < -0.4 is 4.74 Å². The SMILES string of the molecule is C[C@@H](CC(=O)Oc1cccc2ccccc12)SCc1ccccc1. The molecule has 3 rings (SSSR count). The molecule has 3 aromatic rings. The maximum atomic E-state index is 12.2. The van der Waals surface area contributed by atoms with Crippen molar-refractivity contribution in [1.29, 1.82) is 0 Å². The largest absolute Gasteiger partial charge is 0.426 e. The van der Waals surface area contributed by atoms with E-state index in [1.807, 2.05) is 60.7 Å². The van der Waals surface area contributed by atoms with E-state index < -0.39 is 0 Å². The summed E-state index contributed by atoms with van der Waals surface area (Å²) >= 11 is 1.77. The molecule has 0 radical (unpaired) electrons. The molecule has 1 atom stereocenters. The molecule has 2 nitrogen and oxygen atoms in total. The Morgan fingerprint density at radius 2 is 1.67 bits per heavy atom. The second-order valence-corrected chi connectivity index (χ2v) is 7.19. The van der Waals surface area contributed by atoms with Crippen LogP contribution in [0.3, 0.4) is 0 Å². The Balaban J connectivity index is 1.56. The van der Waals surface area contributed by atoms with Crippen LogP contribution in [-0.4, -0.2) is 11.2 Å². The molecule has 0 aliphatic heterocycles. The first-order valence-electron chi connectivity index (χ1n) is 8.06. The molecule has 0 bridgehead atoms. The molecule has 0 aromatic heterocycles. The minimum Gasteiger partial charge on any atom is -0.426 e. The molecule has 0 amide bonds. The number of rotatable bonds is 6. The third-order valence-electron chi connectivity index (χ3n) is 3.80. The van der Waals surface area contributed by atoms with E-state index in [1.54, 1.807) is 11.8 Å². The lowest BCUT2D eigenvalue weighted by atomic mass is 10.1. The van der Waals surface area contributed by atoms with Gasteiger partial charge in [-0.05, 0) is 17.0 Å². The fourth-order valence-electron chi connectivity index (χ4n) is 2.56. The molecule has 0 aliphatic carbocycles. The zero-order valence-corrected chi connectivity index (χ0v) is 14.5. The number of esters is 1. The molecule has 24 heavy (non-hydrogen) atoms. The van der Waals surface area contributed by atoms with Crippen LogP contribution in [0.15, 0.2) is 72.8 Å². The predicted octanol–water partition coefficient (Wildman–Crippen LogP) is 5.46. The van der Waals surface area contributed by atoms with Crippen LogP contribution in [0, 0.1) is 0 Å². The number of hydrogen-bond donors (Lipinski definition) is 0. The predicted molar refractivity (Wildman–Crippen MR) is 101 cm³/mol. The first-order chi connectivity index (χ1) is 11.7. The van der Waals surface area contributed by atoms with Gasteiger partial charge in [0.05, 0.1) is 6.42 Å². The highest BCUT2D eigenvalue weighted by Gasteiger charge is 2.13. The Morgan fingerprint density at radius 1 is 0.958 bits per heavy atom. The molecule has 3 aromatic carbocycles. The minimum absolute atomic E-state index is 0.181. The zero-order valence-electron chi connectivity index (χ0n) is 13.6. The normalized spacial score (nSPS) is 12.0. The molecule has 122 valence electrons. The van der Waals surface area contributed by atoms with E-state index in [0.29, 0.717) is 12.2 Å². The van der Waals surface area contributed by atoms with Gasteiger partial charge < -0.3 is 4.74 Å². The van der Waals surface area contributed by atoms with Crippen LogP contribution in [0.5, 0.6) is 5.75 Å². The van der Waals surface area contributed by atoms with Crippen molar-refractivity contribution in [1.82, 2.24) is 0 Å². The highest BCUT2D eigenvalue weighted by molar-refractivity contribution is 7.99. The molecule has 0 fully saturated rings. The van der Waals surface area contributed by atoms with Gasteiger partial charge in [-0.1, -0.05) is 73.7 Å². The van der Waals surface area contributed by atoms with Crippen molar-refractivity contribution in [3.8, 4) is 5.75 Å². The van der Waals surface area contributed by atoms with Crippen LogP contribution in [0.4, 0.5) is 0 Å². The molecule has 0 saturated carbocycles. The summed E-state index contributed by atoms with van der Waals surface area (Å²) in [6, 6.07) is 24.0. The molecule has 0 spiro atoms. The summed E-state index contributed by atoms with van der Waals surface area (Å²) in [7, 11) is 0. The van der Waals surface area contributed by atoms with Crippen LogP contribution in [0.25, 0.3) is 10.8 Å². The fraction of sp³-hybridized carbons (Fsp3) is 0.190. The summed E-state index contributed by atoms with van der Waals surface area (Å²) in [4.78, 5) is 12.2. The molecule has 0 N–H and O–H groups in total. The number of thioether (sulfide) groups is 1. The second kappa shape index (κ2) is 8.02. The number of hydrogen-bond acceptors (Lipinski definition) is 3. The van der Waals surface area contributed by atoms with Gasteiger partial charge in [-0.2, -0.15) is 11.8 Å². The van der Waals surface area contributed by atoms with E-state index in [4.69, 9.17) is 4.74 Å². The molecule has 3 heteroatoms.